The van der Waals surface area contributed by atoms with E-state index in [4.69, 9.17) is 4.74 Å². The van der Waals surface area contributed by atoms with Crippen LogP contribution in [0.5, 0.6) is 5.75 Å². The van der Waals surface area contributed by atoms with Crippen LogP contribution in [0.4, 0.5) is 0 Å². The van der Waals surface area contributed by atoms with Crippen LogP contribution in [0.2, 0.25) is 0 Å². The lowest BCUT2D eigenvalue weighted by atomic mass is 9.98. The predicted molar refractivity (Wildman–Crippen MR) is 72.7 cm³/mol. The summed E-state index contributed by atoms with van der Waals surface area (Å²) >= 11 is 0. The third-order valence-corrected chi connectivity index (χ3v) is 3.71. The molecule has 0 bridgehead atoms. The number of phenolic OH excluding ortho intramolecular Hbond substituents is 1. The van der Waals surface area contributed by atoms with Crippen molar-refractivity contribution in [2.24, 2.45) is 5.92 Å². The van der Waals surface area contributed by atoms with Gasteiger partial charge in [0, 0.05) is 24.8 Å². The minimum Gasteiger partial charge on any atom is -0.508 e. The Labute approximate surface area is 109 Å². The second-order valence-electron chi connectivity index (χ2n) is 4.98. The second kappa shape index (κ2) is 6.76. The van der Waals surface area contributed by atoms with Gasteiger partial charge in [0.25, 0.3) is 0 Å². The van der Waals surface area contributed by atoms with Gasteiger partial charge in [-0.3, -0.25) is 0 Å². The van der Waals surface area contributed by atoms with Crippen molar-refractivity contribution in [1.29, 1.82) is 0 Å². The Morgan fingerprint density at radius 2 is 2.06 bits per heavy atom. The quantitative estimate of drug-likeness (QED) is 0.843. The van der Waals surface area contributed by atoms with Crippen LogP contribution in [0.1, 0.15) is 37.8 Å². The fourth-order valence-corrected chi connectivity index (χ4v) is 2.52. The minimum atomic E-state index is 0.244. The number of para-hydroxylation sites is 1. The molecule has 0 aliphatic carbocycles. The maximum atomic E-state index is 9.89. The van der Waals surface area contributed by atoms with E-state index in [-0.39, 0.29) is 6.04 Å². The SMILES string of the molecule is CCC(NCC1CCOCC1)c1ccccc1O. The van der Waals surface area contributed by atoms with E-state index >= 15 is 0 Å². The van der Waals surface area contributed by atoms with E-state index in [1.807, 2.05) is 18.2 Å². The first kappa shape index (κ1) is 13.4. The van der Waals surface area contributed by atoms with Crippen molar-refractivity contribution < 1.29 is 9.84 Å². The molecule has 1 aliphatic rings. The molecule has 0 radical (unpaired) electrons. The molecule has 100 valence electrons. The third-order valence-electron chi connectivity index (χ3n) is 3.71. The zero-order chi connectivity index (χ0) is 12.8. The molecule has 1 saturated heterocycles. The zero-order valence-corrected chi connectivity index (χ0v) is 11.1. The summed E-state index contributed by atoms with van der Waals surface area (Å²) in [6.45, 7) is 4.93. The summed E-state index contributed by atoms with van der Waals surface area (Å²) in [6.07, 6.45) is 3.27. The normalized spacial score (nSPS) is 18.7. The van der Waals surface area contributed by atoms with E-state index in [9.17, 15) is 5.11 Å². The van der Waals surface area contributed by atoms with Gasteiger partial charge in [0.15, 0.2) is 0 Å². The van der Waals surface area contributed by atoms with Gasteiger partial charge in [-0.2, -0.15) is 0 Å². The third kappa shape index (κ3) is 3.47. The highest BCUT2D eigenvalue weighted by Gasteiger charge is 2.17. The molecule has 0 saturated carbocycles. The topological polar surface area (TPSA) is 41.5 Å². The molecule has 1 atom stereocenters. The molecule has 2 N–H and O–H groups in total. The van der Waals surface area contributed by atoms with Crippen molar-refractivity contribution in [3.05, 3.63) is 29.8 Å². The van der Waals surface area contributed by atoms with E-state index in [1.54, 1.807) is 6.07 Å². The lowest BCUT2D eigenvalue weighted by Crippen LogP contribution is -2.30. The van der Waals surface area contributed by atoms with Crippen LogP contribution in [-0.4, -0.2) is 24.9 Å². The number of aromatic hydroxyl groups is 1. The predicted octanol–water partition coefficient (Wildman–Crippen LogP) is 2.86. The molecule has 1 heterocycles. The largest absolute Gasteiger partial charge is 0.508 e. The van der Waals surface area contributed by atoms with Crippen LogP contribution in [0.3, 0.4) is 0 Å². The molecule has 1 fully saturated rings. The summed E-state index contributed by atoms with van der Waals surface area (Å²) in [4.78, 5) is 0. The maximum Gasteiger partial charge on any atom is 0.120 e. The van der Waals surface area contributed by atoms with Crippen molar-refractivity contribution in [2.45, 2.75) is 32.2 Å². The summed E-state index contributed by atoms with van der Waals surface area (Å²) in [5.41, 5.74) is 1.01. The van der Waals surface area contributed by atoms with E-state index in [0.29, 0.717) is 11.7 Å². The number of hydrogen-bond acceptors (Lipinski definition) is 3. The molecule has 18 heavy (non-hydrogen) atoms. The van der Waals surface area contributed by atoms with Crippen LogP contribution in [0.25, 0.3) is 0 Å². The molecular formula is C15H23NO2. The second-order valence-corrected chi connectivity index (χ2v) is 4.98. The zero-order valence-electron chi connectivity index (χ0n) is 11.1. The van der Waals surface area contributed by atoms with Gasteiger partial charge in [0.05, 0.1) is 0 Å². The number of hydrogen-bond donors (Lipinski definition) is 2. The first-order chi connectivity index (χ1) is 8.81. The van der Waals surface area contributed by atoms with Gasteiger partial charge < -0.3 is 15.2 Å². The summed E-state index contributed by atoms with van der Waals surface area (Å²) in [6, 6.07) is 7.85. The molecule has 3 nitrogen and oxygen atoms in total. The highest BCUT2D eigenvalue weighted by atomic mass is 16.5. The average Bonchev–Trinajstić information content (AvgIpc) is 2.42. The van der Waals surface area contributed by atoms with Crippen molar-refractivity contribution in [1.82, 2.24) is 5.32 Å². The highest BCUT2D eigenvalue weighted by Crippen LogP contribution is 2.26. The molecule has 0 aromatic heterocycles. The Balaban J connectivity index is 1.91. The number of phenols is 1. The molecule has 1 aromatic rings. The van der Waals surface area contributed by atoms with Crippen LogP contribution in [-0.2, 0) is 4.74 Å². The van der Waals surface area contributed by atoms with E-state index in [2.05, 4.69) is 12.2 Å². The molecule has 0 amide bonds. The molecular weight excluding hydrogens is 226 g/mol. The summed E-state index contributed by atoms with van der Waals surface area (Å²) < 4.78 is 5.37. The van der Waals surface area contributed by atoms with E-state index in [1.165, 1.54) is 0 Å². The lowest BCUT2D eigenvalue weighted by Gasteiger charge is -2.25. The first-order valence-electron chi connectivity index (χ1n) is 6.90. The Hall–Kier alpha value is -1.06. The lowest BCUT2D eigenvalue weighted by molar-refractivity contribution is 0.0653. The van der Waals surface area contributed by atoms with E-state index in [0.717, 1.165) is 44.6 Å². The first-order valence-corrected chi connectivity index (χ1v) is 6.90. The van der Waals surface area contributed by atoms with Crippen molar-refractivity contribution in [3.8, 4) is 5.75 Å². The van der Waals surface area contributed by atoms with Gasteiger partial charge in [-0.05, 0) is 37.8 Å². The average molecular weight is 249 g/mol. The van der Waals surface area contributed by atoms with Gasteiger partial charge in [-0.15, -0.1) is 0 Å². The van der Waals surface area contributed by atoms with Gasteiger partial charge in [-0.1, -0.05) is 25.1 Å². The van der Waals surface area contributed by atoms with E-state index < -0.39 is 0 Å². The van der Waals surface area contributed by atoms with Crippen molar-refractivity contribution in [3.63, 3.8) is 0 Å². The molecule has 2 rings (SSSR count). The smallest absolute Gasteiger partial charge is 0.120 e. The fraction of sp³-hybridized carbons (Fsp3) is 0.600. The monoisotopic (exact) mass is 249 g/mol. The summed E-state index contributed by atoms with van der Waals surface area (Å²) in [7, 11) is 0. The molecule has 3 heteroatoms. The van der Waals surface area contributed by atoms with Crippen LogP contribution >= 0.6 is 0 Å². The Morgan fingerprint density at radius 3 is 2.72 bits per heavy atom. The van der Waals surface area contributed by atoms with Crippen LogP contribution < -0.4 is 5.32 Å². The maximum absolute atomic E-state index is 9.89. The van der Waals surface area contributed by atoms with Crippen molar-refractivity contribution in [2.75, 3.05) is 19.8 Å². The Morgan fingerprint density at radius 1 is 1.33 bits per heavy atom. The van der Waals surface area contributed by atoms with Gasteiger partial charge in [-0.25, -0.2) is 0 Å². The highest BCUT2D eigenvalue weighted by molar-refractivity contribution is 5.34. The molecule has 1 unspecified atom stereocenters. The minimum absolute atomic E-state index is 0.244. The standard InChI is InChI=1S/C15H23NO2/c1-2-14(13-5-3-4-6-15(13)17)16-11-12-7-9-18-10-8-12/h3-6,12,14,16-17H,2,7-11H2,1H3. The fourth-order valence-electron chi connectivity index (χ4n) is 2.52. The molecule has 0 spiro atoms. The molecule has 1 aliphatic heterocycles. The number of benzene rings is 1. The summed E-state index contributed by atoms with van der Waals surface area (Å²) in [5, 5.41) is 13.5. The van der Waals surface area contributed by atoms with Crippen LogP contribution in [0, 0.1) is 5.92 Å². The van der Waals surface area contributed by atoms with Crippen LogP contribution in [0.15, 0.2) is 24.3 Å². The van der Waals surface area contributed by atoms with Gasteiger partial charge in [0.2, 0.25) is 0 Å². The van der Waals surface area contributed by atoms with Gasteiger partial charge in [0.1, 0.15) is 5.75 Å². The number of rotatable bonds is 5. The number of ether oxygens (including phenoxy) is 1. The van der Waals surface area contributed by atoms with Gasteiger partial charge >= 0.3 is 0 Å². The van der Waals surface area contributed by atoms with Crippen molar-refractivity contribution >= 4 is 0 Å². The Kier molecular flexibility index (Phi) is 5.02. The molecule has 1 aromatic carbocycles. The summed E-state index contributed by atoms with van der Waals surface area (Å²) in [5.74, 6) is 1.10. The Bertz CT molecular complexity index is 361. The number of nitrogens with one attached hydrogen (secondary N) is 1.